The summed E-state index contributed by atoms with van der Waals surface area (Å²) in [6.45, 7) is 5.58. The Balaban J connectivity index is 2.67. The van der Waals surface area contributed by atoms with E-state index >= 15 is 0 Å². The lowest BCUT2D eigenvalue weighted by Gasteiger charge is -2.15. The summed E-state index contributed by atoms with van der Waals surface area (Å²) < 4.78 is 0. The summed E-state index contributed by atoms with van der Waals surface area (Å²) in [6.07, 6.45) is 0.393. The van der Waals surface area contributed by atoms with E-state index in [0.29, 0.717) is 6.42 Å². The topological polar surface area (TPSA) is 95.1 Å². The molecular weight excluding hydrogens is 222 g/mol. The molecule has 0 spiro atoms. The van der Waals surface area contributed by atoms with E-state index in [0.717, 1.165) is 5.69 Å². The fourth-order valence-corrected chi connectivity index (χ4v) is 1.46. The van der Waals surface area contributed by atoms with Gasteiger partial charge in [-0.25, -0.2) is 4.79 Å². The summed E-state index contributed by atoms with van der Waals surface area (Å²) in [4.78, 5) is 22.7. The Morgan fingerprint density at radius 3 is 2.59 bits per heavy atom. The number of carboxylic acids is 1. The molecule has 0 unspecified atom stereocenters. The van der Waals surface area contributed by atoms with Crippen molar-refractivity contribution >= 4 is 11.9 Å². The lowest BCUT2D eigenvalue weighted by Crippen LogP contribution is -2.41. The van der Waals surface area contributed by atoms with Crippen molar-refractivity contribution < 1.29 is 14.7 Å². The molecule has 1 heterocycles. The van der Waals surface area contributed by atoms with Crippen molar-refractivity contribution in [2.24, 2.45) is 5.92 Å². The molecule has 1 aromatic rings. The maximum atomic E-state index is 11.7. The van der Waals surface area contributed by atoms with E-state index in [4.69, 9.17) is 5.11 Å². The first-order chi connectivity index (χ1) is 7.90. The molecule has 6 heteroatoms. The zero-order valence-electron chi connectivity index (χ0n) is 10.2. The summed E-state index contributed by atoms with van der Waals surface area (Å²) in [6, 6.07) is 0.698. The van der Waals surface area contributed by atoms with Crippen molar-refractivity contribution in [1.82, 2.24) is 15.5 Å². The lowest BCUT2D eigenvalue weighted by atomic mass is 10.0. The van der Waals surface area contributed by atoms with Gasteiger partial charge in [-0.15, -0.1) is 0 Å². The molecule has 6 nitrogen and oxygen atoms in total. The Labute approximate surface area is 99.4 Å². The lowest BCUT2D eigenvalue weighted by molar-refractivity contribution is -0.139. The van der Waals surface area contributed by atoms with Gasteiger partial charge in [-0.1, -0.05) is 13.8 Å². The van der Waals surface area contributed by atoms with Crippen molar-refractivity contribution in [2.75, 3.05) is 0 Å². The molecule has 0 bridgehead atoms. The number of hydrogen-bond acceptors (Lipinski definition) is 3. The minimum absolute atomic E-state index is 0.192. The number of amides is 1. The number of carboxylic acid groups (broad SMARTS) is 1. The maximum absolute atomic E-state index is 11.7. The van der Waals surface area contributed by atoms with Gasteiger partial charge in [0.05, 0.1) is 0 Å². The highest BCUT2D eigenvalue weighted by Crippen LogP contribution is 2.06. The molecule has 0 saturated carbocycles. The maximum Gasteiger partial charge on any atom is 0.326 e. The standard InChI is InChI=1S/C11H17N3O3/c1-6(2)4-9(11(16)17)12-10(15)8-5-7(3)13-14-8/h5-6,9H,4H2,1-3H3,(H,12,15)(H,13,14)(H,16,17)/t9-/m0/s1. The third-order valence-corrected chi connectivity index (χ3v) is 2.25. The van der Waals surface area contributed by atoms with Gasteiger partial charge in [-0.05, 0) is 25.3 Å². The fourth-order valence-electron chi connectivity index (χ4n) is 1.46. The summed E-state index contributed by atoms with van der Waals surface area (Å²) in [5.41, 5.74) is 0.961. The van der Waals surface area contributed by atoms with Crippen molar-refractivity contribution in [3.8, 4) is 0 Å². The monoisotopic (exact) mass is 239 g/mol. The van der Waals surface area contributed by atoms with Crippen LogP contribution in [0.25, 0.3) is 0 Å². The minimum Gasteiger partial charge on any atom is -0.480 e. The molecule has 94 valence electrons. The minimum atomic E-state index is -1.03. The van der Waals surface area contributed by atoms with Crippen molar-refractivity contribution in [3.63, 3.8) is 0 Å². The summed E-state index contributed by atoms with van der Waals surface area (Å²) in [7, 11) is 0. The number of carbonyl (C=O) groups excluding carboxylic acids is 1. The average molecular weight is 239 g/mol. The summed E-state index contributed by atoms with van der Waals surface area (Å²) >= 11 is 0. The Hall–Kier alpha value is -1.85. The Morgan fingerprint density at radius 2 is 2.18 bits per heavy atom. The van der Waals surface area contributed by atoms with Crippen molar-refractivity contribution in [2.45, 2.75) is 33.2 Å². The first kappa shape index (κ1) is 13.2. The van der Waals surface area contributed by atoms with Crippen LogP contribution < -0.4 is 5.32 Å². The number of H-pyrrole nitrogens is 1. The highest BCUT2D eigenvalue weighted by Gasteiger charge is 2.22. The number of nitrogens with one attached hydrogen (secondary N) is 2. The van der Waals surface area contributed by atoms with E-state index in [9.17, 15) is 9.59 Å². The predicted molar refractivity (Wildman–Crippen MR) is 61.7 cm³/mol. The number of nitrogens with zero attached hydrogens (tertiary/aromatic N) is 1. The molecular formula is C11H17N3O3. The number of rotatable bonds is 5. The summed E-state index contributed by atoms with van der Waals surface area (Å²) in [5.74, 6) is -1.31. The number of hydrogen-bond donors (Lipinski definition) is 3. The van der Waals surface area contributed by atoms with Gasteiger partial charge in [0, 0.05) is 5.69 Å². The molecule has 3 N–H and O–H groups in total. The Bertz CT molecular complexity index is 412. The second-order valence-corrected chi connectivity index (χ2v) is 4.43. The zero-order valence-corrected chi connectivity index (χ0v) is 10.2. The van der Waals surface area contributed by atoms with Crippen LogP contribution in [0.3, 0.4) is 0 Å². The second kappa shape index (κ2) is 5.47. The number of carbonyl (C=O) groups is 2. The van der Waals surface area contributed by atoms with E-state index < -0.39 is 17.9 Å². The third kappa shape index (κ3) is 3.90. The first-order valence-electron chi connectivity index (χ1n) is 5.45. The summed E-state index contributed by atoms with van der Waals surface area (Å²) in [5, 5.41) is 17.8. The van der Waals surface area contributed by atoms with Crippen LogP contribution >= 0.6 is 0 Å². The van der Waals surface area contributed by atoms with Gasteiger partial charge in [0.1, 0.15) is 11.7 Å². The molecule has 0 aliphatic rings. The van der Waals surface area contributed by atoms with Crippen LogP contribution in [-0.2, 0) is 4.79 Å². The molecule has 1 atom stereocenters. The predicted octanol–water partition coefficient (Wildman–Crippen LogP) is 0.947. The average Bonchev–Trinajstić information content (AvgIpc) is 2.63. The van der Waals surface area contributed by atoms with E-state index in [-0.39, 0.29) is 11.6 Å². The van der Waals surface area contributed by atoms with Gasteiger partial charge < -0.3 is 10.4 Å². The Morgan fingerprint density at radius 1 is 1.53 bits per heavy atom. The first-order valence-corrected chi connectivity index (χ1v) is 5.45. The van der Waals surface area contributed by atoms with Gasteiger partial charge in [0.2, 0.25) is 0 Å². The van der Waals surface area contributed by atoms with Crippen LogP contribution in [0.1, 0.15) is 36.5 Å². The largest absolute Gasteiger partial charge is 0.480 e. The smallest absolute Gasteiger partial charge is 0.326 e. The van der Waals surface area contributed by atoms with Crippen LogP contribution in [0.4, 0.5) is 0 Å². The fraction of sp³-hybridized carbons (Fsp3) is 0.545. The zero-order chi connectivity index (χ0) is 13.0. The van der Waals surface area contributed by atoms with Crippen LogP contribution in [0, 0.1) is 12.8 Å². The molecule has 0 fully saturated rings. The SMILES string of the molecule is Cc1cc(C(=O)N[C@@H](CC(C)C)C(=O)O)n[nH]1. The van der Waals surface area contributed by atoms with Crippen LogP contribution in [-0.4, -0.2) is 33.2 Å². The molecule has 0 aliphatic heterocycles. The number of aromatic nitrogens is 2. The molecule has 1 amide bonds. The van der Waals surface area contributed by atoms with Gasteiger partial charge in [-0.3, -0.25) is 9.89 Å². The van der Waals surface area contributed by atoms with Gasteiger partial charge in [-0.2, -0.15) is 5.10 Å². The van der Waals surface area contributed by atoms with E-state index in [1.165, 1.54) is 0 Å². The molecule has 1 aromatic heterocycles. The molecule has 1 rings (SSSR count). The van der Waals surface area contributed by atoms with Gasteiger partial charge in [0.25, 0.3) is 5.91 Å². The molecule has 0 radical (unpaired) electrons. The van der Waals surface area contributed by atoms with E-state index in [2.05, 4.69) is 15.5 Å². The Kier molecular flexibility index (Phi) is 4.25. The molecule has 0 aromatic carbocycles. The molecule has 0 saturated heterocycles. The quantitative estimate of drug-likeness (QED) is 0.712. The molecule has 17 heavy (non-hydrogen) atoms. The number of aromatic amines is 1. The highest BCUT2D eigenvalue weighted by atomic mass is 16.4. The second-order valence-electron chi connectivity index (χ2n) is 4.43. The van der Waals surface area contributed by atoms with Crippen LogP contribution in [0.15, 0.2) is 6.07 Å². The van der Waals surface area contributed by atoms with Gasteiger partial charge in [0.15, 0.2) is 0 Å². The normalized spacial score (nSPS) is 12.5. The van der Waals surface area contributed by atoms with E-state index in [1.807, 2.05) is 13.8 Å². The highest BCUT2D eigenvalue weighted by molar-refractivity contribution is 5.94. The third-order valence-electron chi connectivity index (χ3n) is 2.25. The van der Waals surface area contributed by atoms with E-state index in [1.54, 1.807) is 13.0 Å². The number of aryl methyl sites for hydroxylation is 1. The van der Waals surface area contributed by atoms with Crippen LogP contribution in [0.5, 0.6) is 0 Å². The molecule has 0 aliphatic carbocycles. The number of aliphatic carboxylic acids is 1. The van der Waals surface area contributed by atoms with Crippen molar-refractivity contribution in [3.05, 3.63) is 17.5 Å². The van der Waals surface area contributed by atoms with Crippen LogP contribution in [0.2, 0.25) is 0 Å². The van der Waals surface area contributed by atoms with Crippen molar-refractivity contribution in [1.29, 1.82) is 0 Å². The van der Waals surface area contributed by atoms with Gasteiger partial charge >= 0.3 is 5.97 Å².